The minimum Gasteiger partial charge on any atom is -0.279 e. The van der Waals surface area contributed by atoms with Crippen LogP contribution >= 0.6 is 0 Å². The van der Waals surface area contributed by atoms with Crippen LogP contribution in [0.25, 0.3) is 0 Å². The van der Waals surface area contributed by atoms with Crippen LogP contribution in [0, 0.1) is 0 Å². The van der Waals surface area contributed by atoms with Gasteiger partial charge in [-0.15, -0.1) is 0 Å². The predicted molar refractivity (Wildman–Crippen MR) is 17.1 cm³/mol. The molecule has 0 aromatic rings. The summed E-state index contributed by atoms with van der Waals surface area (Å²) in [4.78, 5) is 9.24. The van der Waals surface area contributed by atoms with Gasteiger partial charge in [0.2, 0.25) is 0 Å². The molecule has 0 rings (SSSR count). The van der Waals surface area contributed by atoms with Crippen LogP contribution in [0.4, 0.5) is 26.3 Å². The van der Waals surface area contributed by atoms with Crippen LogP contribution in [0.5, 0.6) is 0 Å². The monoisotopic (exact) mass is 273 g/mol. The fourth-order valence-corrected chi connectivity index (χ4v) is 0.161. The first-order valence-electron chi connectivity index (χ1n) is 1.84. The first-order chi connectivity index (χ1) is 4.15. The van der Waals surface area contributed by atoms with E-state index in [0.717, 1.165) is 0 Å². The first-order valence-corrected chi connectivity index (χ1v) is 1.84. The fraction of sp³-hybridized carbons (Fsp3) is 0.667. The summed E-state index contributed by atoms with van der Waals surface area (Å²) in [5.74, 6) is -3.68. The van der Waals surface area contributed by atoms with Crippen molar-refractivity contribution >= 4 is 5.78 Å². The number of ketones is 1. The molecule has 0 bridgehead atoms. The normalized spacial score (nSPS) is 12.2. The molecular formula is C3AgF6O. The molecule has 0 unspecified atom stereocenters. The molecule has 1 nitrogen and oxygen atoms in total. The molecule has 8 heteroatoms. The van der Waals surface area contributed by atoms with E-state index in [4.69, 9.17) is 0 Å². The van der Waals surface area contributed by atoms with Crippen molar-refractivity contribution in [3.63, 3.8) is 0 Å². The minimum absolute atomic E-state index is 0. The molecule has 0 aliphatic heterocycles. The van der Waals surface area contributed by atoms with Gasteiger partial charge in [-0.2, -0.15) is 26.3 Å². The van der Waals surface area contributed by atoms with Crippen molar-refractivity contribution in [3.8, 4) is 0 Å². The van der Waals surface area contributed by atoms with Crippen LogP contribution in [-0.2, 0) is 27.2 Å². The zero-order valence-electron chi connectivity index (χ0n) is 4.48. The molecule has 0 aliphatic carbocycles. The van der Waals surface area contributed by atoms with E-state index < -0.39 is 18.1 Å². The largest absolute Gasteiger partial charge is 0.459 e. The molecule has 0 fully saturated rings. The second-order valence-electron chi connectivity index (χ2n) is 1.32. The Labute approximate surface area is 72.3 Å². The van der Waals surface area contributed by atoms with Gasteiger partial charge >= 0.3 is 18.1 Å². The van der Waals surface area contributed by atoms with Gasteiger partial charge in [-0.3, -0.25) is 4.79 Å². The molecule has 0 heterocycles. The summed E-state index contributed by atoms with van der Waals surface area (Å²) in [5.41, 5.74) is 0. The number of carbonyl (C=O) groups excluding carboxylic acids is 1. The smallest absolute Gasteiger partial charge is 0.279 e. The average Bonchev–Trinajstić information content (AvgIpc) is 1.59. The molecular weight excluding hydrogens is 274 g/mol. The van der Waals surface area contributed by atoms with Gasteiger partial charge in [-0.25, -0.2) is 0 Å². The zero-order valence-corrected chi connectivity index (χ0v) is 5.96. The number of carbonyl (C=O) groups is 1. The number of Topliss-reactive ketones (excluding diaryl/α,β-unsaturated/α-hetero) is 1. The van der Waals surface area contributed by atoms with Crippen molar-refractivity contribution in [2.45, 2.75) is 12.4 Å². The Bertz CT molecular complexity index is 129. The maximum absolute atomic E-state index is 10.9. The van der Waals surface area contributed by atoms with Gasteiger partial charge in [-0.05, 0) is 0 Å². The Morgan fingerprint density at radius 3 is 1.00 bits per heavy atom. The third-order valence-electron chi connectivity index (χ3n) is 0.515. The maximum atomic E-state index is 10.9. The maximum Gasteiger partial charge on any atom is 0.459 e. The molecule has 0 aromatic carbocycles. The second kappa shape index (κ2) is 3.59. The SMILES string of the molecule is O=C(C(F)(F)F)C(F)(F)F.[Ag]. The second-order valence-corrected chi connectivity index (χ2v) is 1.32. The van der Waals surface area contributed by atoms with E-state index in [1.165, 1.54) is 0 Å². The van der Waals surface area contributed by atoms with E-state index in [2.05, 4.69) is 0 Å². The van der Waals surface area contributed by atoms with Crippen molar-refractivity contribution in [1.29, 1.82) is 0 Å². The van der Waals surface area contributed by atoms with Gasteiger partial charge in [0.15, 0.2) is 0 Å². The van der Waals surface area contributed by atoms with Crippen molar-refractivity contribution in [1.82, 2.24) is 0 Å². The Hall–Kier alpha value is -0.00974. The summed E-state index contributed by atoms with van der Waals surface area (Å²) in [6, 6.07) is 0. The molecule has 11 heavy (non-hydrogen) atoms. The van der Waals surface area contributed by atoms with Crippen molar-refractivity contribution in [2.75, 3.05) is 0 Å². The third kappa shape index (κ3) is 4.44. The summed E-state index contributed by atoms with van der Waals surface area (Å²) in [6.45, 7) is 0. The summed E-state index contributed by atoms with van der Waals surface area (Å²) in [5, 5.41) is 0. The Morgan fingerprint density at radius 1 is 0.818 bits per heavy atom. The topological polar surface area (TPSA) is 17.1 Å². The van der Waals surface area contributed by atoms with Crippen molar-refractivity contribution < 1.29 is 53.5 Å². The van der Waals surface area contributed by atoms with Crippen LogP contribution in [0.3, 0.4) is 0 Å². The molecule has 0 saturated carbocycles. The number of hydrogen-bond acceptors (Lipinski definition) is 1. The van der Waals surface area contributed by atoms with Crippen LogP contribution in [-0.4, -0.2) is 18.1 Å². The Morgan fingerprint density at radius 2 is 1.00 bits per heavy atom. The van der Waals surface area contributed by atoms with Gasteiger partial charge in [0.1, 0.15) is 0 Å². The number of alkyl halides is 6. The average molecular weight is 274 g/mol. The molecule has 0 saturated heterocycles. The molecule has 71 valence electrons. The minimum atomic E-state index is -5.82. The summed E-state index contributed by atoms with van der Waals surface area (Å²) < 4.78 is 65.3. The molecule has 1 radical (unpaired) electrons. The van der Waals surface area contributed by atoms with E-state index >= 15 is 0 Å². The van der Waals surface area contributed by atoms with E-state index in [1.807, 2.05) is 0 Å². The van der Waals surface area contributed by atoms with Crippen LogP contribution in [0.2, 0.25) is 0 Å². The van der Waals surface area contributed by atoms with Gasteiger partial charge in [0.25, 0.3) is 0 Å². The first kappa shape index (κ1) is 13.6. The van der Waals surface area contributed by atoms with Gasteiger partial charge < -0.3 is 0 Å². The van der Waals surface area contributed by atoms with Crippen molar-refractivity contribution in [3.05, 3.63) is 0 Å². The van der Waals surface area contributed by atoms with Gasteiger partial charge in [0.05, 0.1) is 0 Å². The van der Waals surface area contributed by atoms with E-state index in [9.17, 15) is 31.1 Å². The number of hydrogen-bond donors (Lipinski definition) is 0. The Kier molecular flexibility index (Phi) is 4.43. The summed E-state index contributed by atoms with van der Waals surface area (Å²) >= 11 is 0. The third-order valence-corrected chi connectivity index (χ3v) is 0.515. The molecule has 0 spiro atoms. The molecule has 0 atom stereocenters. The van der Waals surface area contributed by atoms with E-state index in [-0.39, 0.29) is 22.4 Å². The standard InChI is InChI=1S/C3F6O.Ag/c4-2(5,6)1(10)3(7,8)9;. The molecule has 0 aromatic heterocycles. The summed E-state index contributed by atoms with van der Waals surface area (Å²) in [6.07, 6.45) is -11.6. The van der Waals surface area contributed by atoms with Crippen LogP contribution < -0.4 is 0 Å². The van der Waals surface area contributed by atoms with Crippen LogP contribution in [0.15, 0.2) is 0 Å². The van der Waals surface area contributed by atoms with E-state index in [0.29, 0.717) is 0 Å². The molecule has 0 aliphatic rings. The summed E-state index contributed by atoms with van der Waals surface area (Å²) in [7, 11) is 0. The predicted octanol–water partition coefficient (Wildman–Crippen LogP) is 1.68. The fourth-order valence-electron chi connectivity index (χ4n) is 0.161. The quantitative estimate of drug-likeness (QED) is 0.485. The number of rotatable bonds is 0. The Balaban J connectivity index is 0. The van der Waals surface area contributed by atoms with Crippen LogP contribution in [0.1, 0.15) is 0 Å². The van der Waals surface area contributed by atoms with E-state index in [1.54, 1.807) is 0 Å². The molecule has 0 N–H and O–H groups in total. The zero-order chi connectivity index (χ0) is 8.58. The van der Waals surface area contributed by atoms with Gasteiger partial charge in [-0.1, -0.05) is 0 Å². The van der Waals surface area contributed by atoms with Gasteiger partial charge in [0, 0.05) is 22.4 Å². The molecule has 0 amide bonds. The van der Waals surface area contributed by atoms with Crippen molar-refractivity contribution in [2.24, 2.45) is 0 Å². The number of halogens is 6.